The van der Waals surface area contributed by atoms with Crippen molar-refractivity contribution >= 4 is 23.6 Å². The number of amides is 2. The van der Waals surface area contributed by atoms with Crippen molar-refractivity contribution in [2.45, 2.75) is 37.8 Å². The van der Waals surface area contributed by atoms with Crippen LogP contribution in [0.2, 0.25) is 0 Å². The van der Waals surface area contributed by atoms with Crippen LogP contribution in [0.1, 0.15) is 24.5 Å². The van der Waals surface area contributed by atoms with Crippen LogP contribution < -0.4 is 10.1 Å². The minimum atomic E-state index is -0.538. The summed E-state index contributed by atoms with van der Waals surface area (Å²) in [5, 5.41) is 2.63. The Morgan fingerprint density at radius 2 is 1.75 bits per heavy atom. The van der Waals surface area contributed by atoms with Gasteiger partial charge in [-0.05, 0) is 43.7 Å². The van der Waals surface area contributed by atoms with E-state index in [4.69, 9.17) is 4.74 Å². The van der Waals surface area contributed by atoms with Crippen molar-refractivity contribution < 1.29 is 14.3 Å². The molecule has 2 aromatic rings. The van der Waals surface area contributed by atoms with Gasteiger partial charge in [0.25, 0.3) is 0 Å². The van der Waals surface area contributed by atoms with E-state index in [2.05, 4.69) is 36.5 Å². The molecule has 6 heteroatoms. The first-order valence-electron chi connectivity index (χ1n) is 9.28. The molecule has 0 unspecified atom stereocenters. The summed E-state index contributed by atoms with van der Waals surface area (Å²) in [6.45, 7) is 4.19. The van der Waals surface area contributed by atoms with Gasteiger partial charge in [-0.2, -0.15) is 0 Å². The monoisotopic (exact) mass is 400 g/mol. The summed E-state index contributed by atoms with van der Waals surface area (Å²) in [6.07, 6.45) is 0.371. The molecule has 150 valence electrons. The fourth-order valence-electron chi connectivity index (χ4n) is 2.75. The van der Waals surface area contributed by atoms with Crippen molar-refractivity contribution in [1.82, 2.24) is 10.2 Å². The highest BCUT2D eigenvalue weighted by atomic mass is 32.2. The standard InChI is InChI=1S/C22H28N2O3S/c1-16-5-11-20(12-6-16)28-14-13-21(25)24(17(2)22(26)23-3)15-18-7-9-19(27-4)10-8-18/h5-12,17H,13-15H2,1-4H3,(H,23,26)/t17-/m1/s1. The van der Waals surface area contributed by atoms with Crippen molar-refractivity contribution in [3.05, 3.63) is 59.7 Å². The van der Waals surface area contributed by atoms with E-state index in [0.29, 0.717) is 18.7 Å². The molecule has 5 nitrogen and oxygen atoms in total. The quantitative estimate of drug-likeness (QED) is 0.653. The Bertz CT molecular complexity index is 775. The fourth-order valence-corrected chi connectivity index (χ4v) is 3.59. The number of nitrogens with one attached hydrogen (secondary N) is 1. The zero-order valence-corrected chi connectivity index (χ0v) is 17.7. The lowest BCUT2D eigenvalue weighted by molar-refractivity contribution is -0.140. The zero-order valence-electron chi connectivity index (χ0n) is 16.9. The number of ether oxygens (including phenoxy) is 1. The highest BCUT2D eigenvalue weighted by Crippen LogP contribution is 2.21. The van der Waals surface area contributed by atoms with E-state index in [1.54, 1.807) is 37.7 Å². The Labute approximate surface area is 171 Å². The minimum Gasteiger partial charge on any atom is -0.497 e. The molecule has 0 spiro atoms. The Morgan fingerprint density at radius 3 is 2.32 bits per heavy atom. The maximum Gasteiger partial charge on any atom is 0.242 e. The van der Waals surface area contributed by atoms with E-state index < -0.39 is 6.04 Å². The Kier molecular flexibility index (Phi) is 8.39. The molecule has 0 aromatic heterocycles. The van der Waals surface area contributed by atoms with Gasteiger partial charge in [0.2, 0.25) is 11.8 Å². The van der Waals surface area contributed by atoms with Crippen LogP contribution >= 0.6 is 11.8 Å². The smallest absolute Gasteiger partial charge is 0.242 e. The van der Waals surface area contributed by atoms with Gasteiger partial charge in [-0.3, -0.25) is 9.59 Å². The number of thioether (sulfide) groups is 1. The molecule has 0 radical (unpaired) electrons. The molecule has 0 heterocycles. The predicted octanol–water partition coefficient (Wildman–Crippen LogP) is 3.65. The Hall–Kier alpha value is -2.47. The van der Waals surface area contributed by atoms with E-state index in [-0.39, 0.29) is 11.8 Å². The second kappa shape index (κ2) is 10.8. The molecule has 0 saturated carbocycles. The SMILES string of the molecule is CNC(=O)[C@@H](C)N(Cc1ccc(OC)cc1)C(=O)CCSc1ccc(C)cc1. The van der Waals surface area contributed by atoms with Gasteiger partial charge < -0.3 is 15.0 Å². The van der Waals surface area contributed by atoms with E-state index >= 15 is 0 Å². The van der Waals surface area contributed by atoms with E-state index in [9.17, 15) is 9.59 Å². The number of nitrogens with zero attached hydrogens (tertiary/aromatic N) is 1. The molecule has 0 aliphatic carbocycles. The second-order valence-electron chi connectivity index (χ2n) is 6.57. The van der Waals surface area contributed by atoms with Gasteiger partial charge in [0.1, 0.15) is 11.8 Å². The number of carbonyl (C=O) groups is 2. The van der Waals surface area contributed by atoms with Crippen molar-refractivity contribution in [1.29, 1.82) is 0 Å². The Balaban J connectivity index is 2.02. The third kappa shape index (κ3) is 6.30. The summed E-state index contributed by atoms with van der Waals surface area (Å²) in [6, 6.07) is 15.3. The Morgan fingerprint density at radius 1 is 1.11 bits per heavy atom. The van der Waals surface area contributed by atoms with Crippen LogP contribution in [-0.2, 0) is 16.1 Å². The minimum absolute atomic E-state index is 0.0356. The predicted molar refractivity (Wildman–Crippen MR) is 114 cm³/mol. The van der Waals surface area contributed by atoms with Crippen molar-refractivity contribution in [3.8, 4) is 5.75 Å². The molecule has 2 aromatic carbocycles. The topological polar surface area (TPSA) is 58.6 Å². The summed E-state index contributed by atoms with van der Waals surface area (Å²) < 4.78 is 5.18. The molecule has 0 saturated heterocycles. The summed E-state index contributed by atoms with van der Waals surface area (Å²) in [4.78, 5) is 27.8. The highest BCUT2D eigenvalue weighted by Gasteiger charge is 2.25. The molecule has 0 aliphatic heterocycles. The number of aryl methyl sites for hydroxylation is 1. The molecule has 1 N–H and O–H groups in total. The first-order valence-corrected chi connectivity index (χ1v) is 10.3. The van der Waals surface area contributed by atoms with Crippen LogP contribution in [0.15, 0.2) is 53.4 Å². The molecule has 28 heavy (non-hydrogen) atoms. The molecule has 2 rings (SSSR count). The lowest BCUT2D eigenvalue weighted by Crippen LogP contribution is -2.46. The summed E-state index contributed by atoms with van der Waals surface area (Å²) in [5.74, 6) is 1.22. The average molecular weight is 401 g/mol. The maximum atomic E-state index is 12.9. The zero-order chi connectivity index (χ0) is 20.5. The van der Waals surface area contributed by atoms with Crippen LogP contribution in [0.5, 0.6) is 5.75 Å². The number of likely N-dealkylation sites (N-methyl/N-ethyl adjacent to an activating group) is 1. The normalized spacial score (nSPS) is 11.6. The van der Waals surface area contributed by atoms with Gasteiger partial charge in [0, 0.05) is 30.7 Å². The van der Waals surface area contributed by atoms with Crippen LogP contribution in [0, 0.1) is 6.92 Å². The molecule has 2 amide bonds. The van der Waals surface area contributed by atoms with Gasteiger partial charge in [-0.25, -0.2) is 0 Å². The lowest BCUT2D eigenvalue weighted by Gasteiger charge is -2.28. The summed E-state index contributed by atoms with van der Waals surface area (Å²) in [7, 11) is 3.20. The van der Waals surface area contributed by atoms with E-state index in [1.165, 1.54) is 5.56 Å². The molecule has 0 aliphatic rings. The average Bonchev–Trinajstić information content (AvgIpc) is 2.72. The number of methoxy groups -OCH3 is 1. The van der Waals surface area contributed by atoms with E-state index in [0.717, 1.165) is 16.2 Å². The van der Waals surface area contributed by atoms with Crippen LogP contribution in [0.3, 0.4) is 0 Å². The fraction of sp³-hybridized carbons (Fsp3) is 0.364. The van der Waals surface area contributed by atoms with Gasteiger partial charge >= 0.3 is 0 Å². The lowest BCUT2D eigenvalue weighted by atomic mass is 10.1. The van der Waals surface area contributed by atoms with Gasteiger partial charge in [-0.15, -0.1) is 11.8 Å². The molecule has 0 fully saturated rings. The second-order valence-corrected chi connectivity index (χ2v) is 7.74. The third-order valence-electron chi connectivity index (χ3n) is 4.53. The van der Waals surface area contributed by atoms with Crippen molar-refractivity contribution in [2.24, 2.45) is 0 Å². The molecule has 0 bridgehead atoms. The molecular formula is C22H28N2O3S. The largest absolute Gasteiger partial charge is 0.497 e. The van der Waals surface area contributed by atoms with Crippen LogP contribution in [0.4, 0.5) is 0 Å². The number of hydrogen-bond donors (Lipinski definition) is 1. The first-order chi connectivity index (χ1) is 13.4. The number of benzene rings is 2. The van der Waals surface area contributed by atoms with Gasteiger partial charge in [-0.1, -0.05) is 29.8 Å². The maximum absolute atomic E-state index is 12.9. The van der Waals surface area contributed by atoms with Crippen LogP contribution in [-0.4, -0.2) is 42.7 Å². The van der Waals surface area contributed by atoms with Crippen molar-refractivity contribution in [3.63, 3.8) is 0 Å². The summed E-state index contributed by atoms with van der Waals surface area (Å²) >= 11 is 1.65. The molecular weight excluding hydrogens is 372 g/mol. The molecule has 1 atom stereocenters. The van der Waals surface area contributed by atoms with Crippen LogP contribution in [0.25, 0.3) is 0 Å². The number of carbonyl (C=O) groups excluding carboxylic acids is 2. The summed E-state index contributed by atoms with van der Waals surface area (Å²) in [5.41, 5.74) is 2.17. The highest BCUT2D eigenvalue weighted by molar-refractivity contribution is 7.99. The van der Waals surface area contributed by atoms with Gasteiger partial charge in [0.15, 0.2) is 0 Å². The van der Waals surface area contributed by atoms with Crippen molar-refractivity contribution in [2.75, 3.05) is 19.9 Å². The third-order valence-corrected chi connectivity index (χ3v) is 5.55. The van der Waals surface area contributed by atoms with Gasteiger partial charge in [0.05, 0.1) is 7.11 Å². The number of hydrogen-bond acceptors (Lipinski definition) is 4. The van der Waals surface area contributed by atoms with E-state index in [1.807, 2.05) is 24.3 Å². The first kappa shape index (κ1) is 21.8. The number of rotatable bonds is 9.